The number of aryl methyl sites for hydroxylation is 1. The molecule has 1 heterocycles. The molecule has 0 aliphatic carbocycles. The zero-order valence-electron chi connectivity index (χ0n) is 19.2. The number of carboxylic acid groups (broad SMARTS) is 1. The average Bonchev–Trinajstić information content (AvgIpc) is 2.75. The molecule has 0 radical (unpaired) electrons. The third-order valence-electron chi connectivity index (χ3n) is 5.45. The summed E-state index contributed by atoms with van der Waals surface area (Å²) in [5.74, 6) is -0.600. The van der Waals surface area contributed by atoms with Crippen molar-refractivity contribution in [1.82, 2.24) is 5.32 Å². The maximum Gasteiger partial charge on any atom is 0.339 e. The predicted molar refractivity (Wildman–Crippen MR) is 128 cm³/mol. The number of carbonyl (C=O) groups is 2. The normalized spacial score (nSPS) is 13.0. The lowest BCUT2D eigenvalue weighted by molar-refractivity contribution is -0.142. The van der Waals surface area contributed by atoms with Gasteiger partial charge in [-0.2, -0.15) is 11.8 Å². The van der Waals surface area contributed by atoms with Gasteiger partial charge in [-0.25, -0.2) is 9.59 Å². The number of aliphatic carboxylic acids is 1. The fourth-order valence-electron chi connectivity index (χ4n) is 3.51. The molecule has 0 aliphatic heterocycles. The van der Waals surface area contributed by atoms with Crippen LogP contribution in [0.1, 0.15) is 57.1 Å². The van der Waals surface area contributed by atoms with Gasteiger partial charge in [-0.3, -0.25) is 4.79 Å². The molecule has 2 unspecified atom stereocenters. The third kappa shape index (κ3) is 7.02. The van der Waals surface area contributed by atoms with E-state index in [1.165, 1.54) is 11.8 Å². The molecule has 0 spiro atoms. The molecule has 0 bridgehead atoms. The Morgan fingerprint density at radius 1 is 1.25 bits per heavy atom. The summed E-state index contributed by atoms with van der Waals surface area (Å²) in [6, 6.07) is 4.18. The topological polar surface area (TPSA) is 106 Å². The summed E-state index contributed by atoms with van der Waals surface area (Å²) < 4.78 is 11.2. The fourth-order valence-corrected chi connectivity index (χ4v) is 3.98. The molecule has 0 saturated carbocycles. The lowest BCUT2D eigenvalue weighted by atomic mass is 10.0. The maximum atomic E-state index is 12.5. The Balaban J connectivity index is 2.12. The van der Waals surface area contributed by atoms with E-state index in [4.69, 9.17) is 9.15 Å². The summed E-state index contributed by atoms with van der Waals surface area (Å²) in [5, 5.41) is 12.6. The number of benzene rings is 1. The number of thioether (sulfide) groups is 1. The van der Waals surface area contributed by atoms with Crippen molar-refractivity contribution >= 4 is 34.6 Å². The number of hydrogen-bond acceptors (Lipinski definition) is 6. The van der Waals surface area contributed by atoms with Gasteiger partial charge >= 0.3 is 11.6 Å². The van der Waals surface area contributed by atoms with E-state index in [0.717, 1.165) is 36.6 Å². The van der Waals surface area contributed by atoms with Gasteiger partial charge in [0.1, 0.15) is 17.4 Å². The highest BCUT2D eigenvalue weighted by atomic mass is 32.2. The van der Waals surface area contributed by atoms with Crippen LogP contribution >= 0.6 is 11.8 Å². The van der Waals surface area contributed by atoms with Crippen molar-refractivity contribution in [2.45, 2.75) is 71.4 Å². The number of ether oxygens (including phenoxy) is 1. The molecule has 0 saturated heterocycles. The van der Waals surface area contributed by atoms with E-state index >= 15 is 0 Å². The zero-order valence-corrected chi connectivity index (χ0v) is 20.0. The standard InChI is InChI=1S/C24H33NO6S/c1-5-6-7-8-9-19-15(2)18-11-10-17(14-21(18)31-24(19)29)30-16(3)22(26)25-20(23(27)28)12-13-32-4/h10-11,14,16,20H,5-9,12-13H2,1-4H3,(H,25,26)(H,27,28). The van der Waals surface area contributed by atoms with Crippen LogP contribution in [0.4, 0.5) is 0 Å². The molecule has 1 aromatic carbocycles. The minimum absolute atomic E-state index is 0.330. The van der Waals surface area contributed by atoms with Gasteiger partial charge in [0.05, 0.1) is 0 Å². The van der Waals surface area contributed by atoms with Gasteiger partial charge in [0.15, 0.2) is 6.10 Å². The summed E-state index contributed by atoms with van der Waals surface area (Å²) in [5.41, 5.74) is 1.67. The SMILES string of the molecule is CCCCCCc1c(C)c2ccc(OC(C)C(=O)NC(CCSC)C(=O)O)cc2oc1=O. The first-order chi connectivity index (χ1) is 15.3. The Morgan fingerprint density at radius 3 is 2.66 bits per heavy atom. The molecule has 2 rings (SSSR count). The Morgan fingerprint density at radius 2 is 2.00 bits per heavy atom. The van der Waals surface area contributed by atoms with Gasteiger partial charge in [-0.1, -0.05) is 26.2 Å². The van der Waals surface area contributed by atoms with Crippen molar-refractivity contribution in [1.29, 1.82) is 0 Å². The minimum Gasteiger partial charge on any atom is -0.481 e. The molecule has 1 aromatic heterocycles. The molecule has 32 heavy (non-hydrogen) atoms. The third-order valence-corrected chi connectivity index (χ3v) is 6.09. The molecule has 176 valence electrons. The summed E-state index contributed by atoms with van der Waals surface area (Å²) >= 11 is 1.51. The van der Waals surface area contributed by atoms with Crippen LogP contribution in [-0.4, -0.2) is 41.1 Å². The fraction of sp³-hybridized carbons (Fsp3) is 0.542. The first-order valence-electron chi connectivity index (χ1n) is 11.0. The average molecular weight is 464 g/mol. The lowest BCUT2D eigenvalue weighted by Gasteiger charge is -2.19. The van der Waals surface area contributed by atoms with Crippen LogP contribution in [0.2, 0.25) is 0 Å². The van der Waals surface area contributed by atoms with Crippen LogP contribution in [0.15, 0.2) is 27.4 Å². The monoisotopic (exact) mass is 463 g/mol. The summed E-state index contributed by atoms with van der Waals surface area (Å²) in [4.78, 5) is 36.3. The largest absolute Gasteiger partial charge is 0.481 e. The van der Waals surface area contributed by atoms with Crippen LogP contribution in [0.5, 0.6) is 5.75 Å². The summed E-state index contributed by atoms with van der Waals surface area (Å²) in [7, 11) is 0. The number of amides is 1. The molecule has 0 aliphatic rings. The number of fused-ring (bicyclic) bond motifs is 1. The smallest absolute Gasteiger partial charge is 0.339 e. The second-order valence-electron chi connectivity index (χ2n) is 7.90. The Labute approximate surface area is 192 Å². The predicted octanol–water partition coefficient (Wildman–Crippen LogP) is 4.31. The van der Waals surface area contributed by atoms with E-state index in [1.54, 1.807) is 19.1 Å². The highest BCUT2D eigenvalue weighted by Crippen LogP contribution is 2.25. The van der Waals surface area contributed by atoms with Gasteiger partial charge in [-0.05, 0) is 62.8 Å². The van der Waals surface area contributed by atoms with E-state index in [9.17, 15) is 19.5 Å². The van der Waals surface area contributed by atoms with Crippen molar-refractivity contribution < 1.29 is 23.8 Å². The highest BCUT2D eigenvalue weighted by Gasteiger charge is 2.24. The first-order valence-corrected chi connectivity index (χ1v) is 12.4. The van der Waals surface area contributed by atoms with Crippen molar-refractivity contribution in [2.24, 2.45) is 0 Å². The van der Waals surface area contributed by atoms with E-state index in [2.05, 4.69) is 12.2 Å². The van der Waals surface area contributed by atoms with E-state index in [0.29, 0.717) is 35.5 Å². The first kappa shape index (κ1) is 25.8. The van der Waals surface area contributed by atoms with E-state index in [-0.39, 0.29) is 5.63 Å². The highest BCUT2D eigenvalue weighted by molar-refractivity contribution is 7.98. The number of hydrogen-bond donors (Lipinski definition) is 2. The Kier molecular flexibility index (Phi) is 10.1. The van der Waals surface area contributed by atoms with Crippen LogP contribution < -0.4 is 15.7 Å². The molecule has 2 aromatic rings. The second-order valence-corrected chi connectivity index (χ2v) is 8.89. The van der Waals surface area contributed by atoms with Crippen molar-refractivity contribution in [3.8, 4) is 5.75 Å². The molecule has 0 fully saturated rings. The van der Waals surface area contributed by atoms with Gasteiger partial charge in [0, 0.05) is 17.0 Å². The maximum absolute atomic E-state index is 12.5. The van der Waals surface area contributed by atoms with Crippen molar-refractivity contribution in [3.05, 3.63) is 39.7 Å². The Hall–Kier alpha value is -2.48. The quantitative estimate of drug-likeness (QED) is 0.337. The number of nitrogens with one attached hydrogen (secondary N) is 1. The van der Waals surface area contributed by atoms with Crippen molar-refractivity contribution in [3.63, 3.8) is 0 Å². The summed E-state index contributed by atoms with van der Waals surface area (Å²) in [6.07, 6.45) is 6.31. The van der Waals surface area contributed by atoms with Gasteiger partial charge < -0.3 is 19.6 Å². The minimum atomic E-state index is -1.08. The van der Waals surface area contributed by atoms with Crippen molar-refractivity contribution in [2.75, 3.05) is 12.0 Å². The molecule has 8 heteroatoms. The van der Waals surface area contributed by atoms with E-state index in [1.807, 2.05) is 19.2 Å². The summed E-state index contributed by atoms with van der Waals surface area (Å²) in [6.45, 7) is 5.62. The molecule has 7 nitrogen and oxygen atoms in total. The molecule has 1 amide bonds. The van der Waals surface area contributed by atoms with Gasteiger partial charge in [0.2, 0.25) is 0 Å². The zero-order chi connectivity index (χ0) is 23.7. The number of carbonyl (C=O) groups excluding carboxylic acids is 1. The lowest BCUT2D eigenvalue weighted by Crippen LogP contribution is -2.46. The second kappa shape index (κ2) is 12.5. The van der Waals surface area contributed by atoms with Gasteiger partial charge in [-0.15, -0.1) is 0 Å². The van der Waals surface area contributed by atoms with Crippen LogP contribution in [0, 0.1) is 6.92 Å². The van der Waals surface area contributed by atoms with Crippen LogP contribution in [0.3, 0.4) is 0 Å². The number of rotatable bonds is 13. The molecule has 2 N–H and O–H groups in total. The molecular weight excluding hydrogens is 430 g/mol. The number of unbranched alkanes of at least 4 members (excludes halogenated alkanes) is 3. The number of carboxylic acids is 1. The van der Waals surface area contributed by atoms with Gasteiger partial charge in [0.25, 0.3) is 5.91 Å². The van der Waals surface area contributed by atoms with Crippen LogP contribution in [-0.2, 0) is 16.0 Å². The molecule has 2 atom stereocenters. The van der Waals surface area contributed by atoms with E-state index < -0.39 is 24.0 Å². The van der Waals surface area contributed by atoms with Crippen LogP contribution in [0.25, 0.3) is 11.0 Å². The Bertz CT molecular complexity index is 986. The molecular formula is C24H33NO6S.